The molecule has 4 heteroatoms. The van der Waals surface area contributed by atoms with Crippen LogP contribution in [0.2, 0.25) is 0 Å². The minimum Gasteiger partial charge on any atom is -0.477 e. The van der Waals surface area contributed by atoms with Crippen LogP contribution in [-0.4, -0.2) is 24.7 Å². The van der Waals surface area contributed by atoms with Gasteiger partial charge in [-0.25, -0.2) is 9.78 Å². The molecule has 1 aromatic rings. The Balaban J connectivity index is 2.66. The highest BCUT2D eigenvalue weighted by molar-refractivity contribution is 5.89. The Labute approximate surface area is 88.2 Å². The highest BCUT2D eigenvalue weighted by atomic mass is 16.5. The van der Waals surface area contributed by atoms with Gasteiger partial charge in [-0.1, -0.05) is 0 Å². The normalized spacial score (nSPS) is 9.07. The zero-order valence-corrected chi connectivity index (χ0v) is 8.40. The van der Waals surface area contributed by atoms with Crippen LogP contribution < -0.4 is 4.74 Å². The molecule has 0 aliphatic rings. The number of carbonyl (C=O) groups is 1. The van der Waals surface area contributed by atoms with E-state index in [0.717, 1.165) is 0 Å². The lowest BCUT2D eigenvalue weighted by Crippen LogP contribution is -2.03. The molecule has 0 saturated heterocycles. The molecule has 0 aromatic carbocycles. The first-order valence-corrected chi connectivity index (χ1v) is 4.38. The molecule has 0 N–H and O–H groups in total. The van der Waals surface area contributed by atoms with E-state index in [9.17, 15) is 4.79 Å². The number of hydrogen-bond acceptors (Lipinski definition) is 4. The van der Waals surface area contributed by atoms with Crippen LogP contribution in [-0.2, 0) is 4.74 Å². The van der Waals surface area contributed by atoms with E-state index >= 15 is 0 Å². The van der Waals surface area contributed by atoms with Crippen LogP contribution in [0.25, 0.3) is 0 Å². The van der Waals surface area contributed by atoms with Crippen LogP contribution in [0.3, 0.4) is 0 Å². The molecule has 15 heavy (non-hydrogen) atoms. The largest absolute Gasteiger partial charge is 0.477 e. The number of hydrogen-bond donors (Lipinski definition) is 0. The molecule has 0 amide bonds. The molecule has 0 saturated carbocycles. The van der Waals surface area contributed by atoms with Crippen molar-refractivity contribution in [2.24, 2.45) is 0 Å². The quantitative estimate of drug-likeness (QED) is 0.422. The van der Waals surface area contributed by atoms with Gasteiger partial charge in [-0.15, -0.1) is 12.3 Å². The maximum atomic E-state index is 11.2. The summed E-state index contributed by atoms with van der Waals surface area (Å²) in [6.07, 6.45) is 7.06. The molecule has 0 fully saturated rings. The first-order chi connectivity index (χ1) is 7.27. The molecule has 0 bridgehead atoms. The number of aromatic nitrogens is 1. The second-order valence-corrected chi connectivity index (χ2v) is 2.68. The third-order valence-corrected chi connectivity index (χ3v) is 1.65. The van der Waals surface area contributed by atoms with Crippen LogP contribution in [0.1, 0.15) is 16.8 Å². The van der Waals surface area contributed by atoms with Crippen molar-refractivity contribution in [3.05, 3.63) is 23.9 Å². The summed E-state index contributed by atoms with van der Waals surface area (Å²) in [4.78, 5) is 15.1. The number of esters is 1. The molecular formula is C11H11NO3. The lowest BCUT2D eigenvalue weighted by Gasteiger charge is -2.04. The van der Waals surface area contributed by atoms with Crippen molar-refractivity contribution in [1.29, 1.82) is 0 Å². The number of terminal acetylenes is 1. The molecule has 0 unspecified atom stereocenters. The second kappa shape index (κ2) is 5.66. The fourth-order valence-electron chi connectivity index (χ4n) is 0.948. The highest BCUT2D eigenvalue weighted by Gasteiger charge is 2.06. The van der Waals surface area contributed by atoms with E-state index in [1.54, 1.807) is 6.07 Å². The summed E-state index contributed by atoms with van der Waals surface area (Å²) in [6, 6.07) is 3.07. The molecule has 0 spiro atoms. The summed E-state index contributed by atoms with van der Waals surface area (Å²) in [5.41, 5.74) is 0.406. The van der Waals surface area contributed by atoms with Gasteiger partial charge in [0.25, 0.3) is 0 Å². The Morgan fingerprint density at radius 2 is 2.47 bits per heavy atom. The van der Waals surface area contributed by atoms with Crippen molar-refractivity contribution in [3.63, 3.8) is 0 Å². The van der Waals surface area contributed by atoms with E-state index in [-0.39, 0.29) is 0 Å². The number of pyridine rings is 1. The fourth-order valence-corrected chi connectivity index (χ4v) is 0.948. The third-order valence-electron chi connectivity index (χ3n) is 1.65. The number of ether oxygens (including phenoxy) is 2. The van der Waals surface area contributed by atoms with Gasteiger partial charge in [-0.05, 0) is 6.07 Å². The maximum Gasteiger partial charge on any atom is 0.338 e. The SMILES string of the molecule is C#CCCOc1cc(C(=O)OC)ccn1. The molecule has 0 aliphatic heterocycles. The molecule has 1 heterocycles. The van der Waals surface area contributed by atoms with Gasteiger partial charge in [-0.2, -0.15) is 0 Å². The summed E-state index contributed by atoms with van der Waals surface area (Å²) < 4.78 is 9.78. The molecule has 0 atom stereocenters. The van der Waals surface area contributed by atoms with E-state index in [2.05, 4.69) is 15.6 Å². The van der Waals surface area contributed by atoms with E-state index in [4.69, 9.17) is 11.2 Å². The van der Waals surface area contributed by atoms with Crippen LogP contribution in [0.15, 0.2) is 18.3 Å². The van der Waals surface area contributed by atoms with E-state index in [1.165, 1.54) is 19.4 Å². The highest BCUT2D eigenvalue weighted by Crippen LogP contribution is 2.10. The van der Waals surface area contributed by atoms with Crippen molar-refractivity contribution < 1.29 is 14.3 Å². The topological polar surface area (TPSA) is 48.4 Å². The first kappa shape index (κ1) is 11.1. The van der Waals surface area contributed by atoms with Crippen LogP contribution >= 0.6 is 0 Å². The fraction of sp³-hybridized carbons (Fsp3) is 0.273. The number of methoxy groups -OCH3 is 1. The van der Waals surface area contributed by atoms with E-state index < -0.39 is 5.97 Å². The van der Waals surface area contributed by atoms with Gasteiger partial charge in [0.1, 0.15) is 6.61 Å². The zero-order chi connectivity index (χ0) is 11.1. The van der Waals surface area contributed by atoms with Gasteiger partial charge >= 0.3 is 5.97 Å². The summed E-state index contributed by atoms with van der Waals surface area (Å²) >= 11 is 0. The average molecular weight is 205 g/mol. The average Bonchev–Trinajstić information content (AvgIpc) is 2.29. The predicted molar refractivity (Wildman–Crippen MR) is 54.5 cm³/mol. The van der Waals surface area contributed by atoms with Crippen molar-refractivity contribution in [3.8, 4) is 18.2 Å². The zero-order valence-electron chi connectivity index (χ0n) is 8.40. The Morgan fingerprint density at radius 1 is 1.67 bits per heavy atom. The van der Waals surface area contributed by atoms with E-state index in [0.29, 0.717) is 24.5 Å². The van der Waals surface area contributed by atoms with Gasteiger partial charge in [0, 0.05) is 18.7 Å². The van der Waals surface area contributed by atoms with Crippen LogP contribution in [0.4, 0.5) is 0 Å². The molecule has 1 rings (SSSR count). The standard InChI is InChI=1S/C11H11NO3/c1-3-4-7-15-10-8-9(5-6-12-10)11(13)14-2/h1,5-6,8H,4,7H2,2H3. The lowest BCUT2D eigenvalue weighted by atomic mass is 10.3. The number of rotatable bonds is 4. The Hall–Kier alpha value is -2.02. The first-order valence-electron chi connectivity index (χ1n) is 4.38. The number of carbonyl (C=O) groups excluding carboxylic acids is 1. The Bertz CT molecular complexity index is 382. The minimum atomic E-state index is -0.417. The van der Waals surface area contributed by atoms with Gasteiger partial charge in [0.2, 0.25) is 5.88 Å². The van der Waals surface area contributed by atoms with Gasteiger partial charge in [0.05, 0.1) is 12.7 Å². The predicted octanol–water partition coefficient (Wildman–Crippen LogP) is 1.27. The third kappa shape index (κ3) is 3.31. The number of nitrogens with zero attached hydrogens (tertiary/aromatic N) is 1. The summed E-state index contributed by atoms with van der Waals surface area (Å²) in [7, 11) is 1.32. The maximum absolute atomic E-state index is 11.2. The molecule has 78 valence electrons. The van der Waals surface area contributed by atoms with Gasteiger partial charge < -0.3 is 9.47 Å². The molecular weight excluding hydrogens is 194 g/mol. The van der Waals surface area contributed by atoms with Gasteiger partial charge in [0.15, 0.2) is 0 Å². The summed E-state index contributed by atoms with van der Waals surface area (Å²) in [5, 5.41) is 0. The van der Waals surface area contributed by atoms with E-state index in [1.807, 2.05) is 0 Å². The van der Waals surface area contributed by atoms with Crippen LogP contribution in [0.5, 0.6) is 5.88 Å². The second-order valence-electron chi connectivity index (χ2n) is 2.68. The molecule has 0 radical (unpaired) electrons. The molecule has 0 aliphatic carbocycles. The van der Waals surface area contributed by atoms with Crippen LogP contribution in [0, 0.1) is 12.3 Å². The molecule has 1 aromatic heterocycles. The molecule has 4 nitrogen and oxygen atoms in total. The smallest absolute Gasteiger partial charge is 0.338 e. The lowest BCUT2D eigenvalue weighted by molar-refractivity contribution is 0.0600. The Kier molecular flexibility index (Phi) is 4.17. The van der Waals surface area contributed by atoms with Crippen molar-refractivity contribution in [1.82, 2.24) is 4.98 Å². The summed E-state index contributed by atoms with van der Waals surface area (Å²) in [6.45, 7) is 0.383. The van der Waals surface area contributed by atoms with Gasteiger partial charge in [-0.3, -0.25) is 0 Å². The summed E-state index contributed by atoms with van der Waals surface area (Å²) in [5.74, 6) is 2.39. The monoisotopic (exact) mass is 205 g/mol. The minimum absolute atomic E-state index is 0.369. The van der Waals surface area contributed by atoms with Crippen molar-refractivity contribution in [2.45, 2.75) is 6.42 Å². The van der Waals surface area contributed by atoms with Crippen molar-refractivity contribution in [2.75, 3.05) is 13.7 Å². The Morgan fingerprint density at radius 3 is 3.13 bits per heavy atom. The van der Waals surface area contributed by atoms with Crippen molar-refractivity contribution >= 4 is 5.97 Å².